The number of fused-ring (bicyclic) bond motifs is 4. The third-order valence-corrected chi connectivity index (χ3v) is 8.87. The highest BCUT2D eigenvalue weighted by atomic mass is 32.2. The molecular weight excluding hydrogens is 422 g/mol. The van der Waals surface area contributed by atoms with Crippen LogP contribution in [-0.4, -0.2) is 49.9 Å². The molecule has 1 aliphatic carbocycles. The zero-order chi connectivity index (χ0) is 21.2. The summed E-state index contributed by atoms with van der Waals surface area (Å²) in [5, 5.41) is 20.0. The number of β-lactam (4-membered cyclic amide) rings is 1. The monoisotopic (exact) mass is 445 g/mol. The van der Waals surface area contributed by atoms with Gasteiger partial charge in [0, 0.05) is 17.4 Å². The Morgan fingerprint density at radius 1 is 1.43 bits per heavy atom. The van der Waals surface area contributed by atoms with Crippen LogP contribution < -0.4 is 5.73 Å². The van der Waals surface area contributed by atoms with E-state index in [4.69, 9.17) is 5.73 Å². The van der Waals surface area contributed by atoms with Crippen molar-refractivity contribution >= 4 is 50.9 Å². The highest BCUT2D eigenvalue weighted by Crippen LogP contribution is 2.54. The number of nitrogens with two attached hydrogens (primary N) is 1. The van der Waals surface area contributed by atoms with Crippen molar-refractivity contribution < 1.29 is 19.8 Å². The third kappa shape index (κ3) is 2.94. The average molecular weight is 446 g/mol. The first kappa shape index (κ1) is 19.8. The molecule has 5 atom stereocenters. The Balaban J connectivity index is 1.42. The number of carboxylic acids is 1. The molecule has 5 rings (SSSR count). The molecule has 1 saturated carbocycles. The number of hydrogen-bond acceptors (Lipinski definition) is 7. The van der Waals surface area contributed by atoms with Gasteiger partial charge in [0.05, 0.1) is 28.3 Å². The molecule has 7 nitrogen and oxygen atoms in total. The molecule has 1 aromatic heterocycles. The molecule has 30 heavy (non-hydrogen) atoms. The van der Waals surface area contributed by atoms with Crippen molar-refractivity contribution in [3.05, 3.63) is 29.5 Å². The van der Waals surface area contributed by atoms with Gasteiger partial charge in [-0.25, -0.2) is 9.78 Å². The highest BCUT2D eigenvalue weighted by Gasteiger charge is 2.62. The lowest BCUT2D eigenvalue weighted by Gasteiger charge is -2.47. The summed E-state index contributed by atoms with van der Waals surface area (Å²) >= 11 is 3.23. The fourth-order valence-electron chi connectivity index (χ4n) is 5.33. The minimum atomic E-state index is -1.04. The van der Waals surface area contributed by atoms with Gasteiger partial charge in [0.1, 0.15) is 5.70 Å². The maximum Gasteiger partial charge on any atom is 0.352 e. The van der Waals surface area contributed by atoms with Crippen molar-refractivity contribution in [3.63, 3.8) is 0 Å². The second-order valence-electron chi connectivity index (χ2n) is 8.33. The number of rotatable bonds is 5. The Kier molecular flexibility index (Phi) is 4.79. The van der Waals surface area contributed by atoms with Crippen molar-refractivity contribution in [1.82, 2.24) is 9.88 Å². The topological polar surface area (TPSA) is 117 Å². The number of carboxylic acid groups (broad SMARTS) is 1. The van der Waals surface area contributed by atoms with Crippen LogP contribution >= 0.6 is 23.1 Å². The van der Waals surface area contributed by atoms with E-state index < -0.39 is 18.0 Å². The summed E-state index contributed by atoms with van der Waals surface area (Å²) in [6.07, 6.45) is 2.00. The van der Waals surface area contributed by atoms with E-state index in [0.29, 0.717) is 5.69 Å². The SMILES string of the molecule is C[C@@H](O)[C@H]1C(=O)N2C(C(=O)O)=C3[C@H](CSc4nc5ccc(N)cc5s4)CCC[C@@H]3[C@H]12. The number of aliphatic hydroxyl groups excluding tert-OH is 1. The molecule has 4 N–H and O–H groups in total. The van der Waals surface area contributed by atoms with Gasteiger partial charge in [-0.15, -0.1) is 11.3 Å². The quantitative estimate of drug-likeness (QED) is 0.368. The molecular formula is C21H23N3O4S2. The van der Waals surface area contributed by atoms with E-state index >= 15 is 0 Å². The lowest BCUT2D eigenvalue weighted by molar-refractivity contribution is -0.163. The second-order valence-corrected chi connectivity index (χ2v) is 10.6. The smallest absolute Gasteiger partial charge is 0.352 e. The van der Waals surface area contributed by atoms with E-state index in [1.54, 1.807) is 30.0 Å². The summed E-state index contributed by atoms with van der Waals surface area (Å²) in [6.45, 7) is 1.62. The van der Waals surface area contributed by atoms with Gasteiger partial charge in [0.25, 0.3) is 0 Å². The van der Waals surface area contributed by atoms with Gasteiger partial charge in [0.15, 0.2) is 4.34 Å². The van der Waals surface area contributed by atoms with Crippen LogP contribution in [0, 0.1) is 17.8 Å². The van der Waals surface area contributed by atoms with Gasteiger partial charge >= 0.3 is 5.97 Å². The van der Waals surface area contributed by atoms with Crippen molar-refractivity contribution in [2.24, 2.45) is 17.8 Å². The largest absolute Gasteiger partial charge is 0.477 e. The molecule has 1 aromatic carbocycles. The minimum Gasteiger partial charge on any atom is -0.477 e. The Morgan fingerprint density at radius 2 is 2.23 bits per heavy atom. The molecule has 158 valence electrons. The number of hydrogen-bond donors (Lipinski definition) is 3. The van der Waals surface area contributed by atoms with Crippen LogP contribution in [0.4, 0.5) is 5.69 Å². The molecule has 2 aromatic rings. The zero-order valence-electron chi connectivity index (χ0n) is 16.4. The molecule has 0 unspecified atom stereocenters. The fourth-order valence-corrected chi connectivity index (χ4v) is 7.63. The van der Waals surface area contributed by atoms with Crippen LogP contribution in [-0.2, 0) is 9.59 Å². The molecule has 3 aliphatic rings. The summed E-state index contributed by atoms with van der Waals surface area (Å²) in [4.78, 5) is 30.8. The number of amides is 1. The second kappa shape index (κ2) is 7.25. The number of anilines is 1. The predicted octanol–water partition coefficient (Wildman–Crippen LogP) is 2.95. The zero-order valence-corrected chi connectivity index (χ0v) is 18.1. The maximum absolute atomic E-state index is 12.6. The maximum atomic E-state index is 12.6. The van der Waals surface area contributed by atoms with Crippen LogP contribution in [0.25, 0.3) is 10.2 Å². The third-order valence-electron chi connectivity index (χ3n) is 6.55. The van der Waals surface area contributed by atoms with E-state index in [2.05, 4.69) is 4.98 Å². The number of aliphatic hydroxyl groups is 1. The number of carbonyl (C=O) groups excluding carboxylic acids is 1. The van der Waals surface area contributed by atoms with Crippen molar-refractivity contribution in [3.8, 4) is 0 Å². The summed E-state index contributed by atoms with van der Waals surface area (Å²) in [6, 6.07) is 5.46. The molecule has 2 aliphatic heterocycles. The minimum absolute atomic E-state index is 0.0305. The lowest BCUT2D eigenvalue weighted by Crippen LogP contribution is -2.64. The van der Waals surface area contributed by atoms with Gasteiger partial charge in [0.2, 0.25) is 5.91 Å². The Labute approximate surface area is 182 Å². The van der Waals surface area contributed by atoms with Crippen LogP contribution in [0.15, 0.2) is 33.8 Å². The molecule has 1 saturated heterocycles. The van der Waals surface area contributed by atoms with E-state index in [1.165, 1.54) is 4.90 Å². The number of thiazole rings is 1. The molecule has 9 heteroatoms. The van der Waals surface area contributed by atoms with Gasteiger partial charge in [-0.1, -0.05) is 18.2 Å². The first-order valence-corrected chi connectivity index (χ1v) is 11.9. The number of carbonyl (C=O) groups is 2. The van der Waals surface area contributed by atoms with Gasteiger partial charge in [-0.3, -0.25) is 4.79 Å². The number of aliphatic carboxylic acids is 1. The van der Waals surface area contributed by atoms with Gasteiger partial charge < -0.3 is 20.8 Å². The first-order chi connectivity index (χ1) is 14.4. The van der Waals surface area contributed by atoms with Gasteiger partial charge in [-0.05, 0) is 49.5 Å². The number of benzene rings is 1. The Bertz CT molecular complexity index is 1080. The number of nitrogen functional groups attached to an aromatic ring is 1. The number of nitrogens with zero attached hydrogens (tertiary/aromatic N) is 2. The first-order valence-electron chi connectivity index (χ1n) is 10.1. The Hall–Kier alpha value is -2.10. The summed E-state index contributed by atoms with van der Waals surface area (Å²) in [7, 11) is 0. The van der Waals surface area contributed by atoms with E-state index in [-0.39, 0.29) is 29.5 Å². The molecule has 0 radical (unpaired) electrons. The predicted molar refractivity (Wildman–Crippen MR) is 116 cm³/mol. The van der Waals surface area contributed by atoms with Crippen LogP contribution in [0.3, 0.4) is 0 Å². The standard InChI is InChI=1S/C21H23N3O4S2/c1-9(25)15-17-12-4-2-3-10(16(12)18(20(27)28)24(17)19(15)26)8-29-21-23-13-6-5-11(22)7-14(13)30-21/h5-7,9-10,12,15,17,25H,2-4,8,22H2,1H3,(H,27,28)/t9-,10+,12+,15-,17-/m1/s1. The number of thioether (sulfide) groups is 1. The highest BCUT2D eigenvalue weighted by molar-refractivity contribution is 8.01. The molecule has 2 fully saturated rings. The van der Waals surface area contributed by atoms with Crippen LogP contribution in [0.2, 0.25) is 0 Å². The van der Waals surface area contributed by atoms with E-state index in [0.717, 1.165) is 45.1 Å². The van der Waals surface area contributed by atoms with Crippen LogP contribution in [0.5, 0.6) is 0 Å². The number of aromatic nitrogens is 1. The van der Waals surface area contributed by atoms with Crippen LogP contribution in [0.1, 0.15) is 26.2 Å². The van der Waals surface area contributed by atoms with Crippen molar-refractivity contribution in [2.75, 3.05) is 11.5 Å². The summed E-state index contributed by atoms with van der Waals surface area (Å²) in [5.74, 6) is -0.950. The summed E-state index contributed by atoms with van der Waals surface area (Å²) < 4.78 is 1.98. The van der Waals surface area contributed by atoms with Gasteiger partial charge in [-0.2, -0.15) is 0 Å². The molecule has 1 amide bonds. The summed E-state index contributed by atoms with van der Waals surface area (Å²) in [5.41, 5.74) is 8.55. The van der Waals surface area contributed by atoms with Crippen molar-refractivity contribution in [2.45, 2.75) is 42.7 Å². The fraction of sp³-hybridized carbons (Fsp3) is 0.476. The molecule has 3 heterocycles. The lowest BCUT2D eigenvalue weighted by atomic mass is 9.70. The molecule has 0 spiro atoms. The van der Waals surface area contributed by atoms with E-state index in [9.17, 15) is 19.8 Å². The average Bonchev–Trinajstić information content (AvgIpc) is 3.22. The Morgan fingerprint density at radius 3 is 2.97 bits per heavy atom. The normalized spacial score (nSPS) is 29.0. The molecule has 0 bridgehead atoms. The van der Waals surface area contributed by atoms with Crippen molar-refractivity contribution in [1.29, 1.82) is 0 Å². The van der Waals surface area contributed by atoms with E-state index in [1.807, 2.05) is 18.2 Å².